The zero-order valence-corrected chi connectivity index (χ0v) is 24.3. The first-order valence-electron chi connectivity index (χ1n) is 14.1. The van der Waals surface area contributed by atoms with Crippen molar-refractivity contribution in [1.29, 1.82) is 0 Å². The van der Waals surface area contributed by atoms with Crippen molar-refractivity contribution in [2.24, 2.45) is 0 Å². The predicted molar refractivity (Wildman–Crippen MR) is 160 cm³/mol. The Morgan fingerprint density at radius 3 is 2.77 bits per heavy atom. The summed E-state index contributed by atoms with van der Waals surface area (Å²) in [6, 6.07) is 10.0. The van der Waals surface area contributed by atoms with Crippen molar-refractivity contribution < 1.29 is 23.5 Å². The fourth-order valence-corrected chi connectivity index (χ4v) is 4.89. The zero-order chi connectivity index (χ0) is 30.3. The Bertz CT molecular complexity index is 1530. The largest absolute Gasteiger partial charge is 0.447 e. The van der Waals surface area contributed by atoms with Gasteiger partial charge < -0.3 is 20.1 Å². The van der Waals surface area contributed by atoms with Crippen LogP contribution in [0.15, 0.2) is 48.8 Å². The van der Waals surface area contributed by atoms with Crippen LogP contribution < -0.4 is 15.5 Å². The Morgan fingerprint density at radius 1 is 1.19 bits per heavy atom. The van der Waals surface area contributed by atoms with Crippen LogP contribution in [0.4, 0.5) is 26.6 Å². The Morgan fingerprint density at radius 2 is 2.00 bits per heavy atom. The van der Waals surface area contributed by atoms with Gasteiger partial charge in [-0.1, -0.05) is 18.1 Å². The molecule has 5 rings (SSSR count). The third kappa shape index (κ3) is 7.43. The number of carbonyl (C=O) groups excluding carboxylic acids is 2. The lowest BCUT2D eigenvalue weighted by Gasteiger charge is -2.24. The van der Waals surface area contributed by atoms with Crippen molar-refractivity contribution in [3.05, 3.63) is 60.0 Å². The number of aryl methyl sites for hydroxylation is 1. The van der Waals surface area contributed by atoms with E-state index in [2.05, 4.69) is 42.3 Å². The summed E-state index contributed by atoms with van der Waals surface area (Å²) in [4.78, 5) is 41.3. The van der Waals surface area contributed by atoms with E-state index >= 15 is 0 Å². The van der Waals surface area contributed by atoms with Gasteiger partial charge in [0.2, 0.25) is 5.95 Å². The number of alkyl halides is 1. The molecule has 2 N–H and O–H groups in total. The predicted octanol–water partition coefficient (Wildman–Crippen LogP) is 3.98. The van der Waals surface area contributed by atoms with E-state index in [1.807, 2.05) is 44.2 Å². The standard InChI is InChI=1S/C31H34FN7O4/c1-20-16-26(22(3)35-30-33-10-9-28(37-30)39-27(21(2)32)19-43-31(39)41)34-18-25(20)23-6-4-7-24(17-23)36-29(40)8-5-11-38-12-14-42-15-13-38/h4,6-7,9-10,16-18,21-22,27H,11-15,19H2,1-3H3,(H,36,40)(H,33,35,37)/t21-,22-,27+/m0/s1. The van der Waals surface area contributed by atoms with Crippen LogP contribution in [-0.2, 0) is 14.3 Å². The molecule has 0 spiro atoms. The number of pyridine rings is 1. The summed E-state index contributed by atoms with van der Waals surface area (Å²) in [5.41, 5.74) is 4.21. The number of aromatic nitrogens is 3. The second-order valence-corrected chi connectivity index (χ2v) is 10.4. The monoisotopic (exact) mass is 587 g/mol. The second-order valence-electron chi connectivity index (χ2n) is 10.4. The van der Waals surface area contributed by atoms with Gasteiger partial charge in [-0.3, -0.25) is 19.6 Å². The minimum atomic E-state index is -1.28. The summed E-state index contributed by atoms with van der Waals surface area (Å²) in [6.45, 7) is 8.81. The maximum absolute atomic E-state index is 14.1. The molecule has 224 valence electrons. The average Bonchev–Trinajstić information content (AvgIpc) is 3.39. The summed E-state index contributed by atoms with van der Waals surface area (Å²) in [5, 5.41) is 6.06. The van der Waals surface area contributed by atoms with Crippen LogP contribution >= 0.6 is 0 Å². The number of hydrogen-bond donors (Lipinski definition) is 2. The summed E-state index contributed by atoms with van der Waals surface area (Å²) < 4.78 is 24.4. The highest BCUT2D eigenvalue weighted by Crippen LogP contribution is 2.29. The first-order chi connectivity index (χ1) is 20.8. The Labute approximate surface area is 249 Å². The van der Waals surface area contributed by atoms with Gasteiger partial charge in [0, 0.05) is 36.7 Å². The third-order valence-electron chi connectivity index (χ3n) is 7.28. The molecule has 2 aliphatic rings. The van der Waals surface area contributed by atoms with E-state index in [0.717, 1.165) is 35.5 Å². The molecule has 0 radical (unpaired) electrons. The highest BCUT2D eigenvalue weighted by Gasteiger charge is 2.39. The smallest absolute Gasteiger partial charge is 0.416 e. The summed E-state index contributed by atoms with van der Waals surface area (Å²) in [6.07, 6.45) is 1.38. The molecule has 1 aromatic carbocycles. The number of morpholine rings is 1. The van der Waals surface area contributed by atoms with Crippen LogP contribution in [0.3, 0.4) is 0 Å². The minimum absolute atomic E-state index is 0.0338. The summed E-state index contributed by atoms with van der Waals surface area (Å²) in [5.74, 6) is 5.77. The molecule has 2 amide bonds. The Kier molecular flexibility index (Phi) is 9.44. The van der Waals surface area contributed by atoms with Crippen molar-refractivity contribution in [2.45, 2.75) is 39.0 Å². The molecule has 11 nitrogen and oxygen atoms in total. The molecule has 2 aliphatic heterocycles. The van der Waals surface area contributed by atoms with Crippen LogP contribution in [0, 0.1) is 18.8 Å². The quantitative estimate of drug-likeness (QED) is 0.377. The lowest BCUT2D eigenvalue weighted by molar-refractivity contribution is -0.111. The number of anilines is 3. The topological polar surface area (TPSA) is 122 Å². The number of hydrogen-bond acceptors (Lipinski definition) is 9. The van der Waals surface area contributed by atoms with E-state index in [4.69, 9.17) is 9.47 Å². The van der Waals surface area contributed by atoms with Gasteiger partial charge in [-0.05, 0) is 62.1 Å². The molecule has 3 aromatic rings. The van der Waals surface area contributed by atoms with Crippen LogP contribution in [-0.4, -0.2) is 83.5 Å². The SMILES string of the molecule is Cc1cc([C@H](C)Nc2nccc(N3C(=O)OC[C@@H]3[C@H](C)F)n2)ncc1-c1cccc(NC(=O)C#CCN2CCOCC2)c1. The summed E-state index contributed by atoms with van der Waals surface area (Å²) in [7, 11) is 0. The molecule has 2 aromatic heterocycles. The second kappa shape index (κ2) is 13.6. The minimum Gasteiger partial charge on any atom is -0.447 e. The molecule has 0 saturated carbocycles. The molecule has 12 heteroatoms. The van der Waals surface area contributed by atoms with Gasteiger partial charge in [0.05, 0.1) is 31.5 Å². The fraction of sp³-hybridized carbons (Fsp3) is 0.387. The van der Waals surface area contributed by atoms with E-state index < -0.39 is 18.3 Å². The number of halogens is 1. The number of ether oxygens (including phenoxy) is 2. The van der Waals surface area contributed by atoms with Crippen molar-refractivity contribution in [3.8, 4) is 23.0 Å². The highest BCUT2D eigenvalue weighted by atomic mass is 19.1. The van der Waals surface area contributed by atoms with E-state index in [-0.39, 0.29) is 30.3 Å². The molecule has 4 heterocycles. The fourth-order valence-electron chi connectivity index (χ4n) is 4.89. The van der Waals surface area contributed by atoms with Gasteiger partial charge >= 0.3 is 6.09 Å². The molecular weight excluding hydrogens is 553 g/mol. The Hall–Kier alpha value is -4.60. The van der Waals surface area contributed by atoms with Crippen LogP contribution in [0.5, 0.6) is 0 Å². The van der Waals surface area contributed by atoms with E-state index in [1.165, 1.54) is 18.0 Å². The van der Waals surface area contributed by atoms with Gasteiger partial charge in [0.1, 0.15) is 24.6 Å². The third-order valence-corrected chi connectivity index (χ3v) is 7.28. The zero-order valence-electron chi connectivity index (χ0n) is 24.3. The number of amides is 2. The van der Waals surface area contributed by atoms with Crippen LogP contribution in [0.2, 0.25) is 0 Å². The molecule has 43 heavy (non-hydrogen) atoms. The number of nitrogens with zero attached hydrogens (tertiary/aromatic N) is 5. The molecular formula is C31H34FN7O4. The number of carbonyl (C=O) groups is 2. The summed E-state index contributed by atoms with van der Waals surface area (Å²) >= 11 is 0. The maximum Gasteiger partial charge on any atom is 0.416 e. The normalized spacial score (nSPS) is 18.3. The Balaban J connectivity index is 1.23. The van der Waals surface area contributed by atoms with Crippen molar-refractivity contribution >= 4 is 29.5 Å². The molecule has 0 aliphatic carbocycles. The van der Waals surface area contributed by atoms with Gasteiger partial charge in [-0.25, -0.2) is 14.2 Å². The molecule has 2 fully saturated rings. The van der Waals surface area contributed by atoms with Crippen LogP contribution in [0.25, 0.3) is 11.1 Å². The molecule has 0 bridgehead atoms. The lowest BCUT2D eigenvalue weighted by Crippen LogP contribution is -2.39. The first-order valence-corrected chi connectivity index (χ1v) is 14.1. The van der Waals surface area contributed by atoms with Gasteiger partial charge in [0.25, 0.3) is 5.91 Å². The number of rotatable bonds is 8. The highest BCUT2D eigenvalue weighted by molar-refractivity contribution is 6.04. The van der Waals surface area contributed by atoms with E-state index in [0.29, 0.717) is 25.4 Å². The van der Waals surface area contributed by atoms with Gasteiger partial charge in [0.15, 0.2) is 0 Å². The van der Waals surface area contributed by atoms with Gasteiger partial charge in [-0.15, -0.1) is 0 Å². The van der Waals surface area contributed by atoms with Crippen LogP contribution in [0.1, 0.15) is 31.1 Å². The van der Waals surface area contributed by atoms with E-state index in [1.54, 1.807) is 12.3 Å². The van der Waals surface area contributed by atoms with Gasteiger partial charge in [-0.2, -0.15) is 4.98 Å². The number of nitrogens with one attached hydrogen (secondary N) is 2. The first kappa shape index (κ1) is 29.9. The van der Waals surface area contributed by atoms with E-state index in [9.17, 15) is 14.0 Å². The number of cyclic esters (lactones) is 1. The average molecular weight is 588 g/mol. The molecule has 0 unspecified atom stereocenters. The maximum atomic E-state index is 14.1. The molecule has 2 saturated heterocycles. The number of benzene rings is 1. The van der Waals surface area contributed by atoms with Crippen molar-refractivity contribution in [1.82, 2.24) is 19.9 Å². The van der Waals surface area contributed by atoms with Crippen molar-refractivity contribution in [3.63, 3.8) is 0 Å². The lowest BCUT2D eigenvalue weighted by atomic mass is 10.0. The molecule has 3 atom stereocenters. The van der Waals surface area contributed by atoms with Crippen molar-refractivity contribution in [2.75, 3.05) is 55.0 Å².